The van der Waals surface area contributed by atoms with Crippen molar-refractivity contribution in [3.05, 3.63) is 69.7 Å². The maximum Gasteiger partial charge on any atom is 0.228 e. The number of halogens is 2. The Morgan fingerprint density at radius 3 is 2.25 bits per heavy atom. The Kier molecular flexibility index (Phi) is 17.5. The van der Waals surface area contributed by atoms with Gasteiger partial charge < -0.3 is 15.0 Å². The summed E-state index contributed by atoms with van der Waals surface area (Å²) in [5, 5.41) is 5.78. The third-order valence-electron chi connectivity index (χ3n) is 7.21. The molecule has 1 aliphatic heterocycles. The molecule has 0 radical (unpaired) electrons. The van der Waals surface area contributed by atoms with Crippen LogP contribution in [-0.2, 0) is 17.8 Å². The van der Waals surface area contributed by atoms with Crippen LogP contribution in [0.5, 0.6) is 5.75 Å². The largest absolute Gasteiger partial charge is 0.494 e. The first-order valence-electron chi connectivity index (χ1n) is 14.9. The molecule has 0 spiro atoms. The number of anilines is 1. The molecule has 0 fully saturated rings. The third-order valence-corrected chi connectivity index (χ3v) is 8.53. The van der Waals surface area contributed by atoms with Crippen LogP contribution in [0.4, 0.5) is 5.69 Å². The molecule has 2 aromatic rings. The maximum atomic E-state index is 12.7. The number of carbonyl (C=O) groups is 1. The van der Waals surface area contributed by atoms with Gasteiger partial charge in [0.25, 0.3) is 0 Å². The second kappa shape index (κ2) is 20.3. The molecular formula is C33H48BrClN2O2S. The molecule has 222 valence electrons. The van der Waals surface area contributed by atoms with Gasteiger partial charge in [-0.3, -0.25) is 4.79 Å². The summed E-state index contributed by atoms with van der Waals surface area (Å²) in [5.74, 6) is 1.66. The molecular weight excluding hydrogens is 604 g/mol. The zero-order valence-corrected chi connectivity index (χ0v) is 27.7. The lowest BCUT2D eigenvalue weighted by molar-refractivity contribution is -0.115. The molecule has 1 aliphatic rings. The highest BCUT2D eigenvalue weighted by Gasteiger charge is 2.13. The van der Waals surface area contributed by atoms with Crippen LogP contribution in [0.3, 0.4) is 0 Å². The Morgan fingerprint density at radius 1 is 0.950 bits per heavy atom. The molecule has 0 saturated carbocycles. The third kappa shape index (κ3) is 13.4. The van der Waals surface area contributed by atoms with Crippen molar-refractivity contribution in [1.29, 1.82) is 0 Å². The number of unbranched alkanes of at least 4 members (excludes halogenated alkanes) is 11. The molecule has 3 rings (SSSR count). The quantitative estimate of drug-likeness (QED) is 0.154. The summed E-state index contributed by atoms with van der Waals surface area (Å²) in [5.41, 5.74) is 4.07. The van der Waals surface area contributed by atoms with Crippen LogP contribution in [0.2, 0.25) is 5.02 Å². The van der Waals surface area contributed by atoms with E-state index in [0.717, 1.165) is 35.8 Å². The van der Waals surface area contributed by atoms with Gasteiger partial charge >= 0.3 is 0 Å². The molecule has 1 N–H and O–H groups in total. The Bertz CT molecular complexity index is 1050. The van der Waals surface area contributed by atoms with Gasteiger partial charge in [0, 0.05) is 23.0 Å². The van der Waals surface area contributed by atoms with Crippen molar-refractivity contribution in [3.8, 4) is 5.75 Å². The second-order valence-electron chi connectivity index (χ2n) is 10.7. The molecule has 7 heteroatoms. The minimum Gasteiger partial charge on any atom is -0.494 e. The fourth-order valence-corrected chi connectivity index (χ4v) is 6.01. The van der Waals surface area contributed by atoms with Crippen LogP contribution < -0.4 is 10.1 Å². The number of allylic oxidation sites excluding steroid dienone is 1. The van der Waals surface area contributed by atoms with Crippen LogP contribution >= 0.6 is 40.3 Å². The summed E-state index contributed by atoms with van der Waals surface area (Å²) >= 11 is 8.31. The molecule has 1 heterocycles. The van der Waals surface area contributed by atoms with E-state index < -0.39 is 0 Å². The highest BCUT2D eigenvalue weighted by Crippen LogP contribution is 2.26. The number of amides is 1. The van der Waals surface area contributed by atoms with Gasteiger partial charge in [0.15, 0.2) is 0 Å². The molecule has 0 unspecified atom stereocenters. The van der Waals surface area contributed by atoms with Gasteiger partial charge in [0.2, 0.25) is 5.91 Å². The van der Waals surface area contributed by atoms with Gasteiger partial charge in [-0.1, -0.05) is 107 Å². The topological polar surface area (TPSA) is 41.6 Å². The van der Waals surface area contributed by atoms with Crippen molar-refractivity contribution in [1.82, 2.24) is 4.90 Å². The SMILES string of the molecule is Br.CCCCCCCCCCCCCCOc1ccc(CC(=O)Nc2cccc(CN3CSC=C3C)c2)c(Cl)c1. The van der Waals surface area contributed by atoms with Crippen molar-refractivity contribution in [3.63, 3.8) is 0 Å². The van der Waals surface area contributed by atoms with E-state index in [1.807, 2.05) is 48.2 Å². The first kappa shape index (κ1) is 34.6. The molecule has 0 aromatic heterocycles. The number of carbonyl (C=O) groups excluding carboxylic acids is 1. The van der Waals surface area contributed by atoms with Crippen LogP contribution in [0.1, 0.15) is 102 Å². The number of nitrogens with one attached hydrogen (secondary N) is 1. The normalized spacial score (nSPS) is 12.7. The van der Waals surface area contributed by atoms with E-state index in [0.29, 0.717) is 11.6 Å². The van der Waals surface area contributed by atoms with Crippen LogP contribution in [0, 0.1) is 0 Å². The highest BCUT2D eigenvalue weighted by molar-refractivity contribution is 8.93. The number of hydrogen-bond acceptors (Lipinski definition) is 4. The van der Waals surface area contributed by atoms with Gasteiger partial charge in [-0.05, 0) is 54.1 Å². The lowest BCUT2D eigenvalue weighted by Crippen LogP contribution is -2.17. The van der Waals surface area contributed by atoms with Gasteiger partial charge in [0.1, 0.15) is 5.75 Å². The predicted molar refractivity (Wildman–Crippen MR) is 179 cm³/mol. The molecule has 0 saturated heterocycles. The molecule has 40 heavy (non-hydrogen) atoms. The Hall–Kier alpha value is -1.63. The number of ether oxygens (including phenoxy) is 1. The molecule has 0 atom stereocenters. The fourth-order valence-electron chi connectivity index (χ4n) is 4.83. The summed E-state index contributed by atoms with van der Waals surface area (Å²) in [6, 6.07) is 13.7. The first-order chi connectivity index (χ1) is 19.0. The van der Waals surface area contributed by atoms with E-state index >= 15 is 0 Å². The zero-order valence-electron chi connectivity index (χ0n) is 24.4. The maximum absolute atomic E-state index is 12.7. The van der Waals surface area contributed by atoms with E-state index in [9.17, 15) is 4.79 Å². The summed E-state index contributed by atoms with van der Waals surface area (Å²) < 4.78 is 5.92. The molecule has 1 amide bonds. The monoisotopic (exact) mass is 650 g/mol. The minimum absolute atomic E-state index is 0. The van der Waals surface area contributed by atoms with E-state index in [4.69, 9.17) is 16.3 Å². The number of hydrogen-bond donors (Lipinski definition) is 1. The zero-order chi connectivity index (χ0) is 27.7. The Balaban J connectivity index is 0.00000560. The van der Waals surface area contributed by atoms with E-state index in [1.54, 1.807) is 0 Å². The first-order valence-corrected chi connectivity index (χ1v) is 16.3. The predicted octanol–water partition coefficient (Wildman–Crippen LogP) is 10.5. The van der Waals surface area contributed by atoms with Crippen LogP contribution in [0.15, 0.2) is 53.6 Å². The van der Waals surface area contributed by atoms with Gasteiger partial charge in [-0.25, -0.2) is 0 Å². The molecule has 4 nitrogen and oxygen atoms in total. The summed E-state index contributed by atoms with van der Waals surface area (Å²) in [7, 11) is 0. The Labute approximate surface area is 262 Å². The molecule has 0 bridgehead atoms. The van der Waals surface area contributed by atoms with Crippen molar-refractivity contribution in [2.45, 2.75) is 104 Å². The van der Waals surface area contributed by atoms with Crippen molar-refractivity contribution < 1.29 is 9.53 Å². The van der Waals surface area contributed by atoms with Crippen molar-refractivity contribution in [2.24, 2.45) is 0 Å². The number of thioether (sulfide) groups is 1. The van der Waals surface area contributed by atoms with Gasteiger partial charge in [-0.15, -0.1) is 28.7 Å². The average Bonchev–Trinajstić information content (AvgIpc) is 3.32. The number of nitrogens with zero attached hydrogens (tertiary/aromatic N) is 1. The van der Waals surface area contributed by atoms with Gasteiger partial charge in [-0.2, -0.15) is 0 Å². The van der Waals surface area contributed by atoms with E-state index in [-0.39, 0.29) is 29.3 Å². The Morgan fingerprint density at radius 2 is 1.62 bits per heavy atom. The lowest BCUT2D eigenvalue weighted by Gasteiger charge is -2.19. The average molecular weight is 652 g/mol. The van der Waals surface area contributed by atoms with Gasteiger partial charge in [0.05, 0.1) is 18.9 Å². The molecule has 2 aromatic carbocycles. The summed E-state index contributed by atoms with van der Waals surface area (Å²) in [6.07, 6.45) is 16.2. The summed E-state index contributed by atoms with van der Waals surface area (Å²) in [4.78, 5) is 15.0. The van der Waals surface area contributed by atoms with Crippen LogP contribution in [0.25, 0.3) is 0 Å². The summed E-state index contributed by atoms with van der Waals surface area (Å²) in [6.45, 7) is 5.95. The number of benzene rings is 2. The second-order valence-corrected chi connectivity index (χ2v) is 11.9. The highest BCUT2D eigenvalue weighted by atomic mass is 79.9. The van der Waals surface area contributed by atoms with Crippen LogP contribution in [-0.4, -0.2) is 23.3 Å². The smallest absolute Gasteiger partial charge is 0.228 e. The number of rotatable bonds is 19. The minimum atomic E-state index is -0.0768. The van der Waals surface area contributed by atoms with E-state index in [1.165, 1.54) is 81.9 Å². The fraction of sp³-hybridized carbons (Fsp3) is 0.545. The molecule has 0 aliphatic carbocycles. The van der Waals surface area contributed by atoms with Crippen molar-refractivity contribution >= 4 is 51.9 Å². The lowest BCUT2D eigenvalue weighted by atomic mass is 10.1. The standard InChI is InChI=1S/C33H47ClN2O2S.BrH/c1-3-4-5-6-7-8-9-10-11-12-13-14-20-38-31-19-18-29(32(34)23-31)22-33(37)35-30-17-15-16-28(21-30)24-36-26-39-25-27(36)2;/h15-19,21,23,25H,3-14,20,22,24,26H2,1-2H3,(H,35,37);1H. The van der Waals surface area contributed by atoms with E-state index in [2.05, 4.69) is 35.5 Å². The van der Waals surface area contributed by atoms with Crippen molar-refractivity contribution in [2.75, 3.05) is 17.8 Å².